The van der Waals surface area contributed by atoms with Crippen molar-refractivity contribution in [2.45, 2.75) is 37.8 Å². The molecule has 152 valence electrons. The van der Waals surface area contributed by atoms with Crippen LogP contribution in [0.15, 0.2) is 23.6 Å². The highest BCUT2D eigenvalue weighted by molar-refractivity contribution is 5.98. The Morgan fingerprint density at radius 1 is 1.31 bits per heavy atom. The number of aromatic nitrogens is 1. The van der Waals surface area contributed by atoms with Crippen molar-refractivity contribution in [3.8, 4) is 0 Å². The minimum absolute atomic E-state index is 0.114. The van der Waals surface area contributed by atoms with Crippen LogP contribution >= 0.6 is 0 Å². The van der Waals surface area contributed by atoms with Crippen LogP contribution < -0.4 is 15.6 Å². The summed E-state index contributed by atoms with van der Waals surface area (Å²) >= 11 is 0. The van der Waals surface area contributed by atoms with E-state index in [4.69, 9.17) is 0 Å². The Bertz CT molecular complexity index is 1080. The number of piperidine rings is 1. The van der Waals surface area contributed by atoms with Gasteiger partial charge in [-0.1, -0.05) is 12.7 Å². The Labute approximate surface area is 167 Å². The van der Waals surface area contributed by atoms with Gasteiger partial charge in [0.15, 0.2) is 0 Å². The number of nitrogens with one attached hydrogen (secondary N) is 1. The number of pyridine rings is 1. The second kappa shape index (κ2) is 6.69. The zero-order chi connectivity index (χ0) is 20.3. The Kier molecular flexibility index (Phi) is 4.24. The molecule has 0 bridgehead atoms. The highest BCUT2D eigenvalue weighted by Gasteiger charge is 2.37. The molecule has 0 amide bonds. The Morgan fingerprint density at radius 3 is 2.76 bits per heavy atom. The van der Waals surface area contributed by atoms with Gasteiger partial charge in [-0.15, -0.1) is 0 Å². The first-order chi connectivity index (χ1) is 14.0. The van der Waals surface area contributed by atoms with Crippen LogP contribution in [0.5, 0.6) is 0 Å². The largest absolute Gasteiger partial charge is 0.477 e. The fourth-order valence-electron chi connectivity index (χ4n) is 5.05. The summed E-state index contributed by atoms with van der Waals surface area (Å²) in [6.07, 6.45) is 7.11. The lowest BCUT2D eigenvalue weighted by Crippen LogP contribution is -2.40. The molecule has 1 aliphatic carbocycles. The molecule has 3 heterocycles. The Hall–Kier alpha value is -2.67. The highest BCUT2D eigenvalue weighted by atomic mass is 19.1. The molecule has 2 aromatic rings. The summed E-state index contributed by atoms with van der Waals surface area (Å²) in [5.41, 5.74) is 0.689. The number of rotatable bonds is 4. The summed E-state index contributed by atoms with van der Waals surface area (Å²) in [7, 11) is 0. The number of halogens is 1. The molecule has 1 aromatic heterocycles. The Balaban J connectivity index is 1.74. The van der Waals surface area contributed by atoms with Crippen molar-refractivity contribution < 1.29 is 14.3 Å². The first kappa shape index (κ1) is 18.4. The second-order valence-corrected chi connectivity index (χ2v) is 8.40. The van der Waals surface area contributed by atoms with Crippen LogP contribution in [0.3, 0.4) is 0 Å². The van der Waals surface area contributed by atoms with Crippen molar-refractivity contribution >= 4 is 28.6 Å². The number of benzene rings is 1. The monoisotopic (exact) mass is 397 g/mol. The summed E-state index contributed by atoms with van der Waals surface area (Å²) in [5.74, 6) is -1.30. The lowest BCUT2D eigenvalue weighted by Gasteiger charge is -2.25. The fourth-order valence-corrected chi connectivity index (χ4v) is 5.05. The van der Waals surface area contributed by atoms with Gasteiger partial charge in [-0.2, -0.15) is 0 Å². The van der Waals surface area contributed by atoms with Gasteiger partial charge in [0.1, 0.15) is 11.4 Å². The predicted octanol–water partition coefficient (Wildman–Crippen LogP) is 3.00. The molecule has 0 radical (unpaired) electrons. The average Bonchev–Trinajstić information content (AvgIpc) is 3.45. The number of hydrogen-bond donors (Lipinski definition) is 2. The third-order valence-corrected chi connectivity index (χ3v) is 6.57. The van der Waals surface area contributed by atoms with E-state index >= 15 is 4.39 Å². The van der Waals surface area contributed by atoms with E-state index in [9.17, 15) is 14.7 Å². The minimum Gasteiger partial charge on any atom is -0.477 e. The zero-order valence-electron chi connectivity index (χ0n) is 16.2. The maximum atomic E-state index is 15.4. The van der Waals surface area contributed by atoms with E-state index in [0.29, 0.717) is 28.7 Å². The van der Waals surface area contributed by atoms with E-state index in [1.165, 1.54) is 12.3 Å². The van der Waals surface area contributed by atoms with Crippen LogP contribution in [-0.2, 0) is 0 Å². The molecule has 2 aliphatic heterocycles. The molecule has 1 aromatic carbocycles. The first-order valence-corrected chi connectivity index (χ1v) is 10.2. The molecule has 3 fully saturated rings. The highest BCUT2D eigenvalue weighted by Crippen LogP contribution is 2.41. The lowest BCUT2D eigenvalue weighted by atomic mass is 9.94. The zero-order valence-corrected chi connectivity index (χ0v) is 16.2. The van der Waals surface area contributed by atoms with Gasteiger partial charge in [-0.05, 0) is 44.2 Å². The van der Waals surface area contributed by atoms with E-state index in [2.05, 4.69) is 16.8 Å². The summed E-state index contributed by atoms with van der Waals surface area (Å²) in [4.78, 5) is 26.4. The number of nitrogens with zero attached hydrogens (tertiary/aromatic N) is 2. The molecule has 1 saturated carbocycles. The van der Waals surface area contributed by atoms with Gasteiger partial charge in [0.05, 0.1) is 16.6 Å². The van der Waals surface area contributed by atoms with Crippen LogP contribution in [0.2, 0.25) is 0 Å². The maximum absolute atomic E-state index is 15.4. The molecule has 2 N–H and O–H groups in total. The van der Waals surface area contributed by atoms with Crippen molar-refractivity contribution in [2.24, 2.45) is 5.92 Å². The summed E-state index contributed by atoms with van der Waals surface area (Å²) in [5, 5.41) is 13.1. The van der Waals surface area contributed by atoms with E-state index in [0.717, 1.165) is 45.3 Å². The van der Waals surface area contributed by atoms with Gasteiger partial charge < -0.3 is 19.9 Å². The topological polar surface area (TPSA) is 74.6 Å². The van der Waals surface area contributed by atoms with Crippen molar-refractivity contribution in [3.63, 3.8) is 0 Å². The standard InChI is InChI=1S/C22H24FN3O3/c1-2-14-19-15(21(27)16(22(28)29)10-26(19)13-5-6-13)8-17(23)20(14)25-9-12-4-3-7-24-18(12)11-25/h2,8,10,12-13,18,24H,1,3-7,9,11H2,(H,28,29). The molecule has 0 spiro atoms. The number of carboxylic acids is 1. The second-order valence-electron chi connectivity index (χ2n) is 8.40. The quantitative estimate of drug-likeness (QED) is 0.830. The van der Waals surface area contributed by atoms with E-state index in [1.807, 2.05) is 4.57 Å². The van der Waals surface area contributed by atoms with Gasteiger partial charge in [0.25, 0.3) is 0 Å². The Morgan fingerprint density at radius 2 is 2.10 bits per heavy atom. The van der Waals surface area contributed by atoms with Gasteiger partial charge >= 0.3 is 5.97 Å². The van der Waals surface area contributed by atoms with Crippen LogP contribution in [-0.4, -0.2) is 41.3 Å². The van der Waals surface area contributed by atoms with E-state index < -0.39 is 17.2 Å². The summed E-state index contributed by atoms with van der Waals surface area (Å²) in [6, 6.07) is 1.70. The van der Waals surface area contributed by atoms with E-state index in [1.54, 1.807) is 6.08 Å². The normalized spacial score (nSPS) is 24.0. The van der Waals surface area contributed by atoms with Crippen molar-refractivity contribution in [3.05, 3.63) is 46.0 Å². The van der Waals surface area contributed by atoms with E-state index in [-0.39, 0.29) is 17.0 Å². The molecule has 3 aliphatic rings. The van der Waals surface area contributed by atoms with Gasteiger partial charge in [-0.3, -0.25) is 4.79 Å². The third kappa shape index (κ3) is 2.87. The van der Waals surface area contributed by atoms with Gasteiger partial charge in [-0.25, -0.2) is 9.18 Å². The van der Waals surface area contributed by atoms with Crippen molar-refractivity contribution in [1.29, 1.82) is 0 Å². The molecular weight excluding hydrogens is 373 g/mol. The number of anilines is 1. The number of carboxylic acid groups (broad SMARTS) is 1. The fraction of sp³-hybridized carbons (Fsp3) is 0.455. The maximum Gasteiger partial charge on any atom is 0.341 e. The molecule has 5 rings (SSSR count). The molecule has 2 atom stereocenters. The SMILES string of the molecule is C=Cc1c(N2CC3CCCNC3C2)c(F)cc2c(=O)c(C(=O)O)cn(C3CC3)c12. The minimum atomic E-state index is -1.29. The molecule has 6 nitrogen and oxygen atoms in total. The van der Waals surface area contributed by atoms with Crippen LogP contribution in [0.4, 0.5) is 10.1 Å². The predicted molar refractivity (Wildman–Crippen MR) is 110 cm³/mol. The first-order valence-electron chi connectivity index (χ1n) is 10.2. The van der Waals surface area contributed by atoms with Gasteiger partial charge in [0, 0.05) is 36.9 Å². The number of fused-ring (bicyclic) bond motifs is 2. The molecule has 2 saturated heterocycles. The summed E-state index contributed by atoms with van der Waals surface area (Å²) in [6.45, 7) is 6.38. The van der Waals surface area contributed by atoms with Crippen molar-refractivity contribution in [2.75, 3.05) is 24.5 Å². The number of aromatic carboxylic acids is 1. The van der Waals surface area contributed by atoms with Crippen molar-refractivity contribution in [1.82, 2.24) is 9.88 Å². The lowest BCUT2D eigenvalue weighted by molar-refractivity contribution is 0.0695. The van der Waals surface area contributed by atoms with Crippen LogP contribution in [0.25, 0.3) is 17.0 Å². The smallest absolute Gasteiger partial charge is 0.341 e. The molecule has 29 heavy (non-hydrogen) atoms. The number of carbonyl (C=O) groups is 1. The molecular formula is C22H24FN3O3. The third-order valence-electron chi connectivity index (χ3n) is 6.57. The molecule has 2 unspecified atom stereocenters. The van der Waals surface area contributed by atoms with Crippen LogP contribution in [0, 0.1) is 11.7 Å². The number of hydrogen-bond acceptors (Lipinski definition) is 4. The molecule has 7 heteroatoms. The summed E-state index contributed by atoms with van der Waals surface area (Å²) < 4.78 is 17.2. The average molecular weight is 397 g/mol. The van der Waals surface area contributed by atoms with Crippen LogP contribution in [0.1, 0.15) is 47.6 Å². The van der Waals surface area contributed by atoms with Gasteiger partial charge in [0.2, 0.25) is 5.43 Å².